The maximum Gasteiger partial charge on any atom is 0.236 e. The van der Waals surface area contributed by atoms with Crippen LogP contribution in [0.25, 0.3) is 0 Å². The molecule has 1 unspecified atom stereocenters. The summed E-state index contributed by atoms with van der Waals surface area (Å²) in [5.41, 5.74) is 0. The maximum absolute atomic E-state index is 11.6. The molecule has 5 nitrogen and oxygen atoms in total. The van der Waals surface area contributed by atoms with E-state index < -0.39 is 9.84 Å². The van der Waals surface area contributed by atoms with Crippen molar-refractivity contribution in [3.05, 3.63) is 0 Å². The summed E-state index contributed by atoms with van der Waals surface area (Å²) in [5, 5.41) is 2.95. The van der Waals surface area contributed by atoms with Crippen LogP contribution in [0.1, 0.15) is 13.8 Å². The van der Waals surface area contributed by atoms with E-state index in [1.807, 2.05) is 6.92 Å². The molecule has 1 heterocycles. The SMILES string of the molecule is CCNCC(=O)N1CCS(=O)(=O)CC1C. The Labute approximate surface area is 90.7 Å². The van der Waals surface area contributed by atoms with E-state index in [0.29, 0.717) is 13.1 Å². The van der Waals surface area contributed by atoms with Crippen LogP contribution in [-0.2, 0) is 14.6 Å². The van der Waals surface area contributed by atoms with Crippen LogP contribution in [0.2, 0.25) is 0 Å². The highest BCUT2D eigenvalue weighted by atomic mass is 32.2. The molecule has 1 atom stereocenters. The normalized spacial score (nSPS) is 25.2. The Balaban J connectivity index is 2.54. The molecule has 0 aliphatic carbocycles. The molecule has 88 valence electrons. The number of sulfone groups is 1. The Bertz CT molecular complexity index is 326. The lowest BCUT2D eigenvalue weighted by Gasteiger charge is -2.33. The van der Waals surface area contributed by atoms with Gasteiger partial charge in [-0.3, -0.25) is 4.79 Å². The molecule has 0 bridgehead atoms. The number of hydrogen-bond donors (Lipinski definition) is 1. The Kier molecular flexibility index (Phi) is 4.10. The van der Waals surface area contributed by atoms with Gasteiger partial charge in [0.25, 0.3) is 0 Å². The highest BCUT2D eigenvalue weighted by Crippen LogP contribution is 2.11. The Morgan fingerprint density at radius 1 is 1.53 bits per heavy atom. The second-order valence-electron chi connectivity index (χ2n) is 3.83. The van der Waals surface area contributed by atoms with Crippen LogP contribution in [0.3, 0.4) is 0 Å². The number of carbonyl (C=O) groups excluding carboxylic acids is 1. The van der Waals surface area contributed by atoms with Gasteiger partial charge in [-0.1, -0.05) is 6.92 Å². The molecule has 1 aliphatic rings. The summed E-state index contributed by atoms with van der Waals surface area (Å²) in [6, 6.07) is -0.199. The van der Waals surface area contributed by atoms with Gasteiger partial charge in [-0.05, 0) is 13.5 Å². The van der Waals surface area contributed by atoms with Crippen molar-refractivity contribution in [3.8, 4) is 0 Å². The zero-order valence-corrected chi connectivity index (χ0v) is 10.0. The fraction of sp³-hybridized carbons (Fsp3) is 0.889. The Morgan fingerprint density at radius 3 is 2.73 bits per heavy atom. The second-order valence-corrected chi connectivity index (χ2v) is 6.06. The van der Waals surface area contributed by atoms with Gasteiger partial charge >= 0.3 is 0 Å². The fourth-order valence-electron chi connectivity index (χ4n) is 1.70. The highest BCUT2D eigenvalue weighted by molar-refractivity contribution is 7.91. The lowest BCUT2D eigenvalue weighted by atomic mass is 10.3. The van der Waals surface area contributed by atoms with E-state index in [-0.39, 0.29) is 23.5 Å². The van der Waals surface area contributed by atoms with Gasteiger partial charge in [-0.15, -0.1) is 0 Å². The van der Waals surface area contributed by atoms with Crippen molar-refractivity contribution in [3.63, 3.8) is 0 Å². The third kappa shape index (κ3) is 3.46. The van der Waals surface area contributed by atoms with E-state index >= 15 is 0 Å². The van der Waals surface area contributed by atoms with E-state index in [4.69, 9.17) is 0 Å². The van der Waals surface area contributed by atoms with Gasteiger partial charge in [0.15, 0.2) is 9.84 Å². The molecule has 1 rings (SSSR count). The predicted molar refractivity (Wildman–Crippen MR) is 58.4 cm³/mol. The van der Waals surface area contributed by atoms with Gasteiger partial charge < -0.3 is 10.2 Å². The van der Waals surface area contributed by atoms with Gasteiger partial charge in [0.1, 0.15) is 0 Å². The molecule has 6 heteroatoms. The first-order valence-electron chi connectivity index (χ1n) is 5.17. The molecule has 1 aliphatic heterocycles. The first-order chi connectivity index (χ1) is 6.96. The average Bonchev–Trinajstić information content (AvgIpc) is 2.12. The van der Waals surface area contributed by atoms with Crippen molar-refractivity contribution in [1.82, 2.24) is 10.2 Å². The van der Waals surface area contributed by atoms with Crippen molar-refractivity contribution >= 4 is 15.7 Å². The zero-order chi connectivity index (χ0) is 11.5. The third-order valence-electron chi connectivity index (χ3n) is 2.52. The van der Waals surface area contributed by atoms with Crippen LogP contribution >= 0.6 is 0 Å². The summed E-state index contributed by atoms with van der Waals surface area (Å²) in [5.74, 6) is 0.166. The van der Waals surface area contributed by atoms with Crippen molar-refractivity contribution in [2.24, 2.45) is 0 Å². The van der Waals surface area contributed by atoms with Crippen molar-refractivity contribution in [2.75, 3.05) is 31.1 Å². The van der Waals surface area contributed by atoms with Crippen molar-refractivity contribution < 1.29 is 13.2 Å². The first-order valence-corrected chi connectivity index (χ1v) is 6.99. The van der Waals surface area contributed by atoms with Crippen LogP contribution in [-0.4, -0.2) is 56.4 Å². The Hall–Kier alpha value is -0.620. The molecule has 0 saturated carbocycles. The summed E-state index contributed by atoms with van der Waals surface area (Å²) in [6.07, 6.45) is 0. The first kappa shape index (κ1) is 12.4. The smallest absolute Gasteiger partial charge is 0.236 e. The van der Waals surface area contributed by atoms with Crippen molar-refractivity contribution in [1.29, 1.82) is 0 Å². The molecular formula is C9H18N2O3S. The van der Waals surface area contributed by atoms with E-state index in [1.54, 1.807) is 11.8 Å². The lowest BCUT2D eigenvalue weighted by molar-refractivity contribution is -0.131. The molecule has 1 saturated heterocycles. The van der Waals surface area contributed by atoms with E-state index in [1.165, 1.54) is 0 Å². The minimum absolute atomic E-state index is 0.0146. The van der Waals surface area contributed by atoms with Gasteiger partial charge in [-0.2, -0.15) is 0 Å². The lowest BCUT2D eigenvalue weighted by Crippen LogP contribution is -2.52. The number of likely N-dealkylation sites (N-methyl/N-ethyl adjacent to an activating group) is 1. The van der Waals surface area contributed by atoms with Crippen LogP contribution < -0.4 is 5.32 Å². The third-order valence-corrected chi connectivity index (χ3v) is 4.31. The second kappa shape index (κ2) is 4.94. The summed E-state index contributed by atoms with van der Waals surface area (Å²) < 4.78 is 22.6. The summed E-state index contributed by atoms with van der Waals surface area (Å²) in [6.45, 7) is 5.07. The molecule has 15 heavy (non-hydrogen) atoms. The molecule has 0 aromatic carbocycles. The van der Waals surface area contributed by atoms with Crippen LogP contribution in [0.4, 0.5) is 0 Å². The standard InChI is InChI=1S/C9H18N2O3S/c1-3-10-6-9(12)11-4-5-15(13,14)7-8(11)2/h8,10H,3-7H2,1-2H3. The monoisotopic (exact) mass is 234 g/mol. The molecular weight excluding hydrogens is 216 g/mol. The van der Waals surface area contributed by atoms with Crippen molar-refractivity contribution in [2.45, 2.75) is 19.9 Å². The minimum atomic E-state index is -2.93. The highest BCUT2D eigenvalue weighted by Gasteiger charge is 2.30. The number of carbonyl (C=O) groups is 1. The number of amides is 1. The number of rotatable bonds is 3. The number of nitrogens with zero attached hydrogens (tertiary/aromatic N) is 1. The summed E-state index contributed by atoms with van der Waals surface area (Å²) >= 11 is 0. The van der Waals surface area contributed by atoms with Gasteiger partial charge in [0.05, 0.1) is 18.1 Å². The van der Waals surface area contributed by atoms with Gasteiger partial charge in [-0.25, -0.2) is 8.42 Å². The van der Waals surface area contributed by atoms with E-state index in [9.17, 15) is 13.2 Å². The molecule has 1 fully saturated rings. The molecule has 0 aromatic rings. The fourth-order valence-corrected chi connectivity index (χ4v) is 3.26. The summed E-state index contributed by atoms with van der Waals surface area (Å²) in [4.78, 5) is 13.3. The molecule has 1 amide bonds. The maximum atomic E-state index is 11.6. The molecule has 0 radical (unpaired) electrons. The van der Waals surface area contributed by atoms with Crippen LogP contribution in [0.15, 0.2) is 0 Å². The van der Waals surface area contributed by atoms with Gasteiger partial charge in [0, 0.05) is 12.6 Å². The van der Waals surface area contributed by atoms with Crippen LogP contribution in [0, 0.1) is 0 Å². The summed E-state index contributed by atoms with van der Waals surface area (Å²) in [7, 11) is -2.93. The largest absolute Gasteiger partial charge is 0.337 e. The number of hydrogen-bond acceptors (Lipinski definition) is 4. The van der Waals surface area contributed by atoms with E-state index in [2.05, 4.69) is 5.32 Å². The average molecular weight is 234 g/mol. The molecule has 0 aromatic heterocycles. The zero-order valence-electron chi connectivity index (χ0n) is 9.19. The number of nitrogens with one attached hydrogen (secondary N) is 1. The Morgan fingerprint density at radius 2 is 2.20 bits per heavy atom. The van der Waals surface area contributed by atoms with Gasteiger partial charge in [0.2, 0.25) is 5.91 Å². The predicted octanol–water partition coefficient (Wildman–Crippen LogP) is -0.759. The quantitative estimate of drug-likeness (QED) is 0.697. The van der Waals surface area contributed by atoms with Crippen LogP contribution in [0.5, 0.6) is 0 Å². The molecule has 1 N–H and O–H groups in total. The molecule has 0 spiro atoms. The topological polar surface area (TPSA) is 66.5 Å². The van der Waals surface area contributed by atoms with E-state index in [0.717, 1.165) is 6.54 Å². The minimum Gasteiger partial charge on any atom is -0.337 e.